The fraction of sp³-hybridized carbons (Fsp3) is 0.733. The molecule has 1 atom stereocenters. The molecule has 1 saturated carbocycles. The summed E-state index contributed by atoms with van der Waals surface area (Å²) in [4.78, 5) is 1.34. The highest BCUT2D eigenvalue weighted by Gasteiger charge is 2.40. The van der Waals surface area contributed by atoms with Gasteiger partial charge in [-0.05, 0) is 66.9 Å². The molecule has 1 heterocycles. The van der Waals surface area contributed by atoms with Crippen LogP contribution >= 0.6 is 27.3 Å². The summed E-state index contributed by atoms with van der Waals surface area (Å²) >= 11 is 5.29. The van der Waals surface area contributed by atoms with Gasteiger partial charge in [0, 0.05) is 27.4 Å². The molecular formula is C15H24BrNOS. The molecule has 1 aromatic heterocycles. The number of hydrogen-bond acceptors (Lipinski definition) is 3. The molecule has 2 N–H and O–H groups in total. The lowest BCUT2D eigenvalue weighted by molar-refractivity contribution is -0.0882. The van der Waals surface area contributed by atoms with Crippen LogP contribution in [-0.2, 0) is 11.2 Å². The topological polar surface area (TPSA) is 35.2 Å². The molecule has 0 amide bonds. The van der Waals surface area contributed by atoms with Crippen molar-refractivity contribution < 1.29 is 4.74 Å². The molecule has 0 saturated heterocycles. The quantitative estimate of drug-likeness (QED) is 0.859. The summed E-state index contributed by atoms with van der Waals surface area (Å²) in [6.07, 6.45) is 5.61. The maximum Gasteiger partial charge on any atom is 0.0836 e. The first-order valence-corrected chi connectivity index (χ1v) is 8.85. The minimum absolute atomic E-state index is 0.0995. The Balaban J connectivity index is 2.05. The zero-order valence-electron chi connectivity index (χ0n) is 11.8. The Bertz CT molecular complexity index is 399. The first kappa shape index (κ1) is 15.5. The lowest BCUT2D eigenvalue weighted by Crippen LogP contribution is -2.53. The van der Waals surface area contributed by atoms with E-state index in [1.807, 2.05) is 0 Å². The van der Waals surface area contributed by atoms with Crippen molar-refractivity contribution in [3.63, 3.8) is 0 Å². The van der Waals surface area contributed by atoms with Crippen LogP contribution in [0, 0.1) is 5.92 Å². The molecule has 2 rings (SSSR count). The van der Waals surface area contributed by atoms with Crippen molar-refractivity contribution in [2.75, 3.05) is 6.61 Å². The summed E-state index contributed by atoms with van der Waals surface area (Å²) in [6, 6.07) is 2.28. The Kier molecular flexibility index (Phi) is 5.46. The van der Waals surface area contributed by atoms with E-state index in [0.29, 0.717) is 0 Å². The van der Waals surface area contributed by atoms with E-state index in [-0.39, 0.29) is 11.6 Å². The SMILES string of the molecule is CCOC1(C(N)Cc2cc(Br)cs2)CCC(C)CC1. The van der Waals surface area contributed by atoms with Gasteiger partial charge < -0.3 is 10.5 Å². The van der Waals surface area contributed by atoms with Gasteiger partial charge in [-0.2, -0.15) is 0 Å². The largest absolute Gasteiger partial charge is 0.374 e. The highest BCUT2D eigenvalue weighted by Crippen LogP contribution is 2.38. The molecule has 2 nitrogen and oxygen atoms in total. The van der Waals surface area contributed by atoms with Gasteiger partial charge in [0.2, 0.25) is 0 Å². The molecule has 0 aromatic carbocycles. The summed E-state index contributed by atoms with van der Waals surface area (Å²) in [5, 5.41) is 2.12. The van der Waals surface area contributed by atoms with E-state index in [0.717, 1.165) is 36.3 Å². The fourth-order valence-corrected chi connectivity index (χ4v) is 4.54. The van der Waals surface area contributed by atoms with Crippen LogP contribution in [0.3, 0.4) is 0 Å². The van der Waals surface area contributed by atoms with Crippen molar-refractivity contribution in [1.29, 1.82) is 0 Å². The number of nitrogens with two attached hydrogens (primary N) is 1. The summed E-state index contributed by atoms with van der Waals surface area (Å²) in [6.45, 7) is 5.17. The smallest absolute Gasteiger partial charge is 0.0836 e. The van der Waals surface area contributed by atoms with Gasteiger partial charge >= 0.3 is 0 Å². The number of thiophene rings is 1. The van der Waals surface area contributed by atoms with E-state index in [1.54, 1.807) is 11.3 Å². The Labute approximate surface area is 128 Å². The van der Waals surface area contributed by atoms with Gasteiger partial charge in [0.25, 0.3) is 0 Å². The van der Waals surface area contributed by atoms with E-state index < -0.39 is 0 Å². The summed E-state index contributed by atoms with van der Waals surface area (Å²) in [5.74, 6) is 0.816. The first-order chi connectivity index (χ1) is 9.05. The minimum atomic E-state index is -0.0995. The van der Waals surface area contributed by atoms with Crippen LogP contribution in [0.2, 0.25) is 0 Å². The van der Waals surface area contributed by atoms with Gasteiger partial charge in [0.1, 0.15) is 0 Å². The summed E-state index contributed by atoms with van der Waals surface area (Å²) in [5.41, 5.74) is 6.42. The number of ether oxygens (including phenoxy) is 1. The number of halogens is 1. The average Bonchev–Trinajstić information content (AvgIpc) is 2.78. The van der Waals surface area contributed by atoms with Gasteiger partial charge in [-0.15, -0.1) is 11.3 Å². The van der Waals surface area contributed by atoms with Crippen molar-refractivity contribution in [2.24, 2.45) is 11.7 Å². The number of hydrogen-bond donors (Lipinski definition) is 1. The van der Waals surface area contributed by atoms with Gasteiger partial charge in [0.15, 0.2) is 0 Å². The Hall–Kier alpha value is 0.1000. The van der Waals surface area contributed by atoms with Crippen molar-refractivity contribution in [1.82, 2.24) is 0 Å². The minimum Gasteiger partial charge on any atom is -0.374 e. The van der Waals surface area contributed by atoms with Crippen LogP contribution in [-0.4, -0.2) is 18.2 Å². The van der Waals surface area contributed by atoms with Crippen molar-refractivity contribution in [2.45, 2.75) is 57.6 Å². The third-order valence-corrected chi connectivity index (χ3v) is 5.99. The van der Waals surface area contributed by atoms with E-state index in [4.69, 9.17) is 10.5 Å². The van der Waals surface area contributed by atoms with Gasteiger partial charge in [-0.3, -0.25) is 0 Å². The second-order valence-electron chi connectivity index (χ2n) is 5.72. The zero-order valence-corrected chi connectivity index (χ0v) is 14.2. The monoisotopic (exact) mass is 345 g/mol. The molecule has 0 aliphatic heterocycles. The summed E-state index contributed by atoms with van der Waals surface area (Å²) < 4.78 is 7.28. The molecule has 1 aliphatic carbocycles. The number of rotatable bonds is 5. The third-order valence-electron chi connectivity index (χ3n) is 4.27. The molecule has 1 unspecified atom stereocenters. The van der Waals surface area contributed by atoms with Crippen LogP contribution < -0.4 is 5.73 Å². The highest BCUT2D eigenvalue weighted by molar-refractivity contribution is 9.10. The van der Waals surface area contributed by atoms with Crippen molar-refractivity contribution in [3.8, 4) is 0 Å². The van der Waals surface area contributed by atoms with Crippen LogP contribution in [0.15, 0.2) is 15.9 Å². The Morgan fingerprint density at radius 3 is 2.74 bits per heavy atom. The van der Waals surface area contributed by atoms with Crippen LogP contribution in [0.1, 0.15) is 44.4 Å². The molecule has 0 spiro atoms. The molecule has 108 valence electrons. The molecule has 1 fully saturated rings. The average molecular weight is 346 g/mol. The van der Waals surface area contributed by atoms with Crippen LogP contribution in [0.5, 0.6) is 0 Å². The predicted octanol–water partition coefficient (Wildman–Crippen LogP) is 4.37. The predicted molar refractivity (Wildman–Crippen MR) is 85.7 cm³/mol. The van der Waals surface area contributed by atoms with Gasteiger partial charge in [-0.1, -0.05) is 6.92 Å². The lowest BCUT2D eigenvalue weighted by Gasteiger charge is -2.43. The van der Waals surface area contributed by atoms with E-state index in [2.05, 4.69) is 41.2 Å². The normalized spacial score (nSPS) is 29.4. The van der Waals surface area contributed by atoms with Crippen LogP contribution in [0.4, 0.5) is 0 Å². The molecule has 19 heavy (non-hydrogen) atoms. The van der Waals surface area contributed by atoms with E-state index in [1.165, 1.54) is 17.7 Å². The molecule has 0 radical (unpaired) electrons. The Morgan fingerprint density at radius 2 is 2.21 bits per heavy atom. The fourth-order valence-electron chi connectivity index (χ4n) is 3.02. The third kappa shape index (κ3) is 3.81. The Morgan fingerprint density at radius 1 is 1.53 bits per heavy atom. The van der Waals surface area contributed by atoms with Gasteiger partial charge in [-0.25, -0.2) is 0 Å². The van der Waals surface area contributed by atoms with Crippen molar-refractivity contribution >= 4 is 27.3 Å². The standard InChI is InChI=1S/C15H24BrNOS/c1-3-18-15(6-4-11(2)5-7-15)14(17)9-13-8-12(16)10-19-13/h8,10-11,14H,3-7,9,17H2,1-2H3. The lowest BCUT2D eigenvalue weighted by atomic mass is 9.74. The molecule has 1 aliphatic rings. The molecule has 1 aromatic rings. The molecule has 0 bridgehead atoms. The highest BCUT2D eigenvalue weighted by atomic mass is 79.9. The zero-order chi connectivity index (χ0) is 13.9. The summed E-state index contributed by atoms with van der Waals surface area (Å²) in [7, 11) is 0. The van der Waals surface area contributed by atoms with E-state index in [9.17, 15) is 0 Å². The van der Waals surface area contributed by atoms with Gasteiger partial charge in [0.05, 0.1) is 5.60 Å². The van der Waals surface area contributed by atoms with Crippen LogP contribution in [0.25, 0.3) is 0 Å². The van der Waals surface area contributed by atoms with E-state index >= 15 is 0 Å². The molecule has 4 heteroatoms. The second kappa shape index (κ2) is 6.70. The van der Waals surface area contributed by atoms with Crippen molar-refractivity contribution in [3.05, 3.63) is 20.8 Å². The second-order valence-corrected chi connectivity index (χ2v) is 7.63. The molecular weight excluding hydrogens is 322 g/mol. The first-order valence-electron chi connectivity index (χ1n) is 7.18. The maximum atomic E-state index is 6.52. The maximum absolute atomic E-state index is 6.52.